The highest BCUT2D eigenvalue weighted by Gasteiger charge is 2.31. The summed E-state index contributed by atoms with van der Waals surface area (Å²) in [5.41, 5.74) is 1.67. The Morgan fingerprint density at radius 1 is 0.521 bits per heavy atom. The maximum atomic E-state index is 12.9. The Bertz CT molecular complexity index is 2110. The zero-order valence-corrected chi connectivity index (χ0v) is 24.5. The molecule has 0 fully saturated rings. The monoisotopic (exact) mass is 656 g/mol. The first-order valence-corrected chi connectivity index (χ1v) is 14.3. The molecule has 240 valence electrons. The summed E-state index contributed by atoms with van der Waals surface area (Å²) in [6.45, 7) is 0. The summed E-state index contributed by atoms with van der Waals surface area (Å²) >= 11 is 0. The number of fused-ring (bicyclic) bond motifs is 1. The molecule has 2 amide bonds. The average molecular weight is 657 g/mol. The second-order valence-corrected chi connectivity index (χ2v) is 10.6. The van der Waals surface area contributed by atoms with Crippen molar-refractivity contribution >= 4 is 34.1 Å². The van der Waals surface area contributed by atoms with Crippen molar-refractivity contribution in [1.82, 2.24) is 9.97 Å². The van der Waals surface area contributed by atoms with Crippen LogP contribution in [0.3, 0.4) is 0 Å². The zero-order valence-electron chi connectivity index (χ0n) is 24.5. The number of hydrogen-bond donors (Lipinski definition) is 2. The normalized spacial score (nSPS) is 11.7. The Kier molecular flexibility index (Phi) is 8.40. The van der Waals surface area contributed by atoms with E-state index in [0.717, 1.165) is 54.1 Å². The van der Waals surface area contributed by atoms with E-state index >= 15 is 0 Å². The molecule has 0 aliphatic rings. The molecule has 0 atom stereocenters. The summed E-state index contributed by atoms with van der Waals surface area (Å²) < 4.78 is 77.4. The van der Waals surface area contributed by atoms with Gasteiger partial charge in [-0.05, 0) is 91.0 Å². The number of hydrogen-bond acceptors (Lipinski definition) is 4. The van der Waals surface area contributed by atoms with Crippen LogP contribution in [0.15, 0.2) is 121 Å². The van der Waals surface area contributed by atoms with E-state index in [4.69, 9.17) is 9.97 Å². The standard InChI is InChI=1S/C36H22F6N4O2/c37-35(38,39)25-12-6-23(7-13-25)33(47)43-27-16-10-22(11-17-27)32-45-30-19-18-28(20-29(30)31(46-32)21-4-2-1-3-5-21)44-34(48)24-8-14-26(15-9-24)36(40,41)42/h1-20H,(H,43,47)(H,44,48). The Hall–Kier alpha value is -6.04. The summed E-state index contributed by atoms with van der Waals surface area (Å²) in [6.07, 6.45) is -9.02. The maximum absolute atomic E-state index is 12.9. The summed E-state index contributed by atoms with van der Waals surface area (Å²) in [4.78, 5) is 35.0. The van der Waals surface area contributed by atoms with E-state index in [1.54, 1.807) is 42.5 Å². The van der Waals surface area contributed by atoms with Crippen molar-refractivity contribution in [2.45, 2.75) is 12.4 Å². The van der Waals surface area contributed by atoms with Crippen molar-refractivity contribution in [3.8, 4) is 22.6 Å². The minimum Gasteiger partial charge on any atom is -0.322 e. The summed E-state index contributed by atoms with van der Waals surface area (Å²) in [5, 5.41) is 5.98. The first kappa shape index (κ1) is 31.9. The van der Waals surface area contributed by atoms with Gasteiger partial charge in [0.15, 0.2) is 5.82 Å². The van der Waals surface area contributed by atoms with Gasteiger partial charge < -0.3 is 10.6 Å². The molecule has 48 heavy (non-hydrogen) atoms. The first-order valence-electron chi connectivity index (χ1n) is 14.3. The molecule has 1 aromatic heterocycles. The summed E-state index contributed by atoms with van der Waals surface area (Å²) in [5.74, 6) is -0.804. The molecule has 0 unspecified atom stereocenters. The lowest BCUT2D eigenvalue weighted by atomic mass is 10.0. The van der Waals surface area contributed by atoms with Gasteiger partial charge in [-0.1, -0.05) is 30.3 Å². The SMILES string of the molecule is O=C(Nc1ccc(-c2nc(-c3ccccc3)c3cc(NC(=O)c4ccc(C(F)(F)F)cc4)ccc3n2)cc1)c1ccc(C(F)(F)F)cc1. The number of halogens is 6. The van der Waals surface area contributed by atoms with Gasteiger partial charge in [-0.2, -0.15) is 26.3 Å². The lowest BCUT2D eigenvalue weighted by Crippen LogP contribution is -2.13. The van der Waals surface area contributed by atoms with Crippen LogP contribution in [0.1, 0.15) is 31.8 Å². The van der Waals surface area contributed by atoms with E-state index in [1.165, 1.54) is 0 Å². The van der Waals surface area contributed by atoms with Crippen LogP contribution in [0.4, 0.5) is 37.7 Å². The van der Waals surface area contributed by atoms with Crippen molar-refractivity contribution in [2.75, 3.05) is 10.6 Å². The number of nitrogens with zero attached hydrogens (tertiary/aromatic N) is 2. The van der Waals surface area contributed by atoms with E-state index in [-0.39, 0.29) is 11.1 Å². The van der Waals surface area contributed by atoms with Crippen molar-refractivity contribution < 1.29 is 35.9 Å². The fourth-order valence-electron chi connectivity index (χ4n) is 4.88. The Labute approximate surface area is 269 Å². The van der Waals surface area contributed by atoms with E-state index in [0.29, 0.717) is 39.4 Å². The van der Waals surface area contributed by atoms with Gasteiger partial charge in [-0.3, -0.25) is 9.59 Å². The molecule has 0 bridgehead atoms. The number of nitrogens with one attached hydrogen (secondary N) is 2. The lowest BCUT2D eigenvalue weighted by molar-refractivity contribution is -0.138. The van der Waals surface area contributed by atoms with Gasteiger partial charge in [-0.15, -0.1) is 0 Å². The number of alkyl halides is 6. The van der Waals surface area contributed by atoms with Crippen molar-refractivity contribution in [3.05, 3.63) is 144 Å². The average Bonchev–Trinajstić information content (AvgIpc) is 3.08. The van der Waals surface area contributed by atoms with Crippen molar-refractivity contribution in [2.24, 2.45) is 0 Å². The topological polar surface area (TPSA) is 84.0 Å². The van der Waals surface area contributed by atoms with Gasteiger partial charge >= 0.3 is 12.4 Å². The quantitative estimate of drug-likeness (QED) is 0.175. The largest absolute Gasteiger partial charge is 0.416 e. The molecule has 0 aliphatic heterocycles. The third-order valence-electron chi connectivity index (χ3n) is 7.35. The molecule has 5 aromatic carbocycles. The molecule has 0 saturated carbocycles. The Morgan fingerprint density at radius 3 is 1.54 bits per heavy atom. The summed E-state index contributed by atoms with van der Waals surface area (Å²) in [6, 6.07) is 28.7. The molecular formula is C36H22F6N4O2. The molecule has 12 heteroatoms. The molecule has 0 spiro atoms. The van der Waals surface area contributed by atoms with Crippen LogP contribution in [0.5, 0.6) is 0 Å². The molecular weight excluding hydrogens is 634 g/mol. The van der Waals surface area contributed by atoms with Crippen LogP contribution >= 0.6 is 0 Å². The van der Waals surface area contributed by atoms with Gasteiger partial charge in [-0.25, -0.2) is 9.97 Å². The molecule has 6 aromatic rings. The minimum atomic E-state index is -4.52. The van der Waals surface area contributed by atoms with E-state index in [9.17, 15) is 35.9 Å². The predicted octanol–water partition coefficient (Wildman–Crippen LogP) is 9.51. The highest BCUT2D eigenvalue weighted by Crippen LogP contribution is 2.33. The van der Waals surface area contributed by atoms with E-state index in [1.807, 2.05) is 30.3 Å². The van der Waals surface area contributed by atoms with Gasteiger partial charge in [0.1, 0.15) is 0 Å². The van der Waals surface area contributed by atoms with Crippen LogP contribution < -0.4 is 10.6 Å². The van der Waals surface area contributed by atoms with Crippen LogP contribution in [-0.4, -0.2) is 21.8 Å². The highest BCUT2D eigenvalue weighted by atomic mass is 19.4. The van der Waals surface area contributed by atoms with E-state index in [2.05, 4.69) is 10.6 Å². The molecule has 0 aliphatic carbocycles. The van der Waals surface area contributed by atoms with Crippen molar-refractivity contribution in [1.29, 1.82) is 0 Å². The molecule has 0 radical (unpaired) electrons. The number of amides is 2. The van der Waals surface area contributed by atoms with Crippen LogP contribution in [0.25, 0.3) is 33.5 Å². The highest BCUT2D eigenvalue weighted by molar-refractivity contribution is 6.06. The third kappa shape index (κ3) is 7.02. The fraction of sp³-hybridized carbons (Fsp3) is 0.0556. The summed E-state index contributed by atoms with van der Waals surface area (Å²) in [7, 11) is 0. The number of benzene rings is 5. The Balaban J connectivity index is 1.26. The maximum Gasteiger partial charge on any atom is 0.416 e. The second kappa shape index (κ2) is 12.6. The predicted molar refractivity (Wildman–Crippen MR) is 169 cm³/mol. The van der Waals surface area contributed by atoms with Gasteiger partial charge in [0.25, 0.3) is 11.8 Å². The number of rotatable bonds is 6. The number of anilines is 2. The number of carbonyl (C=O) groups excluding carboxylic acids is 2. The first-order chi connectivity index (χ1) is 22.8. The van der Waals surface area contributed by atoms with Gasteiger partial charge in [0.2, 0.25) is 0 Å². The number of carbonyl (C=O) groups is 2. The van der Waals surface area contributed by atoms with Crippen molar-refractivity contribution in [3.63, 3.8) is 0 Å². The smallest absolute Gasteiger partial charge is 0.322 e. The van der Waals surface area contributed by atoms with E-state index < -0.39 is 35.3 Å². The Morgan fingerprint density at radius 2 is 1.02 bits per heavy atom. The fourth-order valence-corrected chi connectivity index (χ4v) is 4.88. The second-order valence-electron chi connectivity index (χ2n) is 10.6. The van der Waals surface area contributed by atoms with Gasteiger partial charge in [0.05, 0.1) is 22.3 Å². The molecule has 6 rings (SSSR count). The lowest BCUT2D eigenvalue weighted by Gasteiger charge is -2.12. The van der Waals surface area contributed by atoms with Crippen LogP contribution in [-0.2, 0) is 12.4 Å². The van der Waals surface area contributed by atoms with Crippen LogP contribution in [0, 0.1) is 0 Å². The minimum absolute atomic E-state index is 0.0528. The molecule has 1 heterocycles. The number of aromatic nitrogens is 2. The third-order valence-corrected chi connectivity index (χ3v) is 7.35. The molecule has 0 saturated heterocycles. The molecule has 2 N–H and O–H groups in total. The molecule has 6 nitrogen and oxygen atoms in total. The van der Waals surface area contributed by atoms with Gasteiger partial charge in [0, 0.05) is 39.0 Å². The van der Waals surface area contributed by atoms with Crippen LogP contribution in [0.2, 0.25) is 0 Å². The zero-order chi connectivity index (χ0) is 34.1.